The number of carbonyl (C=O) groups excluding carboxylic acids is 1. The third kappa shape index (κ3) is 6.31. The van der Waals surface area contributed by atoms with Crippen LogP contribution in [-0.4, -0.2) is 44.9 Å². The quantitative estimate of drug-likeness (QED) is 0.562. The van der Waals surface area contributed by atoms with Crippen LogP contribution in [0.3, 0.4) is 0 Å². The van der Waals surface area contributed by atoms with Crippen LogP contribution in [0.2, 0.25) is 0 Å². The number of piperidine rings is 1. The smallest absolute Gasteiger partial charge is 0.251 e. The summed E-state index contributed by atoms with van der Waals surface area (Å²) in [7, 11) is -3.55. The highest BCUT2D eigenvalue weighted by molar-refractivity contribution is 7.89. The monoisotopic (exact) mass is 444 g/mol. The highest BCUT2D eigenvalue weighted by atomic mass is 32.2. The molecule has 1 N–H and O–H groups in total. The molecule has 1 aliphatic heterocycles. The fraction of sp³-hybridized carbons (Fsp3) is 0.458. The molecular weight excluding hydrogens is 412 g/mol. The zero-order valence-corrected chi connectivity index (χ0v) is 19.0. The summed E-state index contributed by atoms with van der Waals surface area (Å²) in [5, 5.41) is 2.90. The summed E-state index contributed by atoms with van der Waals surface area (Å²) in [6.07, 6.45) is 5.34. The standard InChI is InChI=1S/C24H32N2O4S/c1-2-18-30-23-14-5-4-10-20(23)12-9-15-25-24(27)21-11-8-13-22(19-21)31(28,29)26-16-6-3-7-17-26/h4-5,8,10-11,13-14,19H,2-3,6-7,9,12,15-18H2,1H3,(H,25,27). The molecule has 0 saturated carbocycles. The Hall–Kier alpha value is -2.38. The van der Waals surface area contributed by atoms with E-state index in [-0.39, 0.29) is 10.8 Å². The van der Waals surface area contributed by atoms with E-state index < -0.39 is 10.0 Å². The van der Waals surface area contributed by atoms with Crippen LogP contribution in [0.25, 0.3) is 0 Å². The number of ether oxygens (including phenoxy) is 1. The summed E-state index contributed by atoms with van der Waals surface area (Å²) >= 11 is 0. The lowest BCUT2D eigenvalue weighted by atomic mass is 10.1. The molecule has 2 aromatic carbocycles. The second-order valence-electron chi connectivity index (χ2n) is 7.81. The summed E-state index contributed by atoms with van der Waals surface area (Å²) < 4.78 is 33.0. The number of rotatable bonds is 10. The van der Waals surface area contributed by atoms with Gasteiger partial charge in [0.15, 0.2) is 0 Å². The van der Waals surface area contributed by atoms with Crippen LogP contribution in [0.4, 0.5) is 0 Å². The van der Waals surface area contributed by atoms with E-state index in [1.807, 2.05) is 24.3 Å². The Morgan fingerprint density at radius 2 is 1.84 bits per heavy atom. The SMILES string of the molecule is CCCOc1ccccc1CCCNC(=O)c1cccc(S(=O)(=O)N2CCCCC2)c1. The van der Waals surface area contributed by atoms with E-state index in [9.17, 15) is 13.2 Å². The third-order valence-corrected chi connectivity index (χ3v) is 7.29. The van der Waals surface area contributed by atoms with Crippen LogP contribution < -0.4 is 10.1 Å². The molecule has 1 aliphatic rings. The first-order valence-corrected chi connectivity index (χ1v) is 12.6. The number of hydrogen-bond acceptors (Lipinski definition) is 4. The molecule has 1 amide bonds. The Kier molecular flexibility index (Phi) is 8.49. The van der Waals surface area contributed by atoms with Gasteiger partial charge in [-0.15, -0.1) is 0 Å². The lowest BCUT2D eigenvalue weighted by Crippen LogP contribution is -2.35. The largest absolute Gasteiger partial charge is 0.493 e. The van der Waals surface area contributed by atoms with Crippen molar-refractivity contribution in [1.82, 2.24) is 9.62 Å². The molecular formula is C24H32N2O4S. The molecule has 0 radical (unpaired) electrons. The number of amides is 1. The van der Waals surface area contributed by atoms with Crippen molar-refractivity contribution in [3.05, 3.63) is 59.7 Å². The molecule has 3 rings (SSSR count). The van der Waals surface area contributed by atoms with Crippen LogP contribution in [-0.2, 0) is 16.4 Å². The van der Waals surface area contributed by atoms with Gasteiger partial charge >= 0.3 is 0 Å². The maximum Gasteiger partial charge on any atom is 0.251 e. The second-order valence-corrected chi connectivity index (χ2v) is 9.75. The van der Waals surface area contributed by atoms with E-state index in [1.54, 1.807) is 18.2 Å². The normalized spacial score (nSPS) is 14.9. The average molecular weight is 445 g/mol. The number of para-hydroxylation sites is 1. The van der Waals surface area contributed by atoms with Gasteiger partial charge in [-0.05, 0) is 61.9 Å². The van der Waals surface area contributed by atoms with Crippen molar-refractivity contribution >= 4 is 15.9 Å². The van der Waals surface area contributed by atoms with Gasteiger partial charge in [-0.25, -0.2) is 8.42 Å². The van der Waals surface area contributed by atoms with Crippen LogP contribution in [0.15, 0.2) is 53.4 Å². The van der Waals surface area contributed by atoms with Gasteiger partial charge in [0.25, 0.3) is 5.91 Å². The van der Waals surface area contributed by atoms with E-state index in [0.29, 0.717) is 31.8 Å². The van der Waals surface area contributed by atoms with Gasteiger partial charge in [-0.3, -0.25) is 4.79 Å². The first-order valence-electron chi connectivity index (χ1n) is 11.1. The molecule has 2 aromatic rings. The molecule has 0 aliphatic carbocycles. The molecule has 6 nitrogen and oxygen atoms in total. The number of carbonyl (C=O) groups is 1. The number of sulfonamides is 1. The van der Waals surface area contributed by atoms with E-state index in [0.717, 1.165) is 49.8 Å². The maximum atomic E-state index is 12.9. The third-order valence-electron chi connectivity index (χ3n) is 5.39. The molecule has 1 heterocycles. The van der Waals surface area contributed by atoms with Crippen LogP contribution >= 0.6 is 0 Å². The molecule has 31 heavy (non-hydrogen) atoms. The molecule has 0 unspecified atom stereocenters. The molecule has 1 saturated heterocycles. The summed E-state index contributed by atoms with van der Waals surface area (Å²) in [5.74, 6) is 0.637. The second kappa shape index (κ2) is 11.3. The molecule has 0 atom stereocenters. The molecule has 0 bridgehead atoms. The summed E-state index contributed by atoms with van der Waals surface area (Å²) in [6.45, 7) is 4.35. The Balaban J connectivity index is 1.55. The van der Waals surface area contributed by atoms with Crippen LogP contribution in [0.5, 0.6) is 5.75 Å². The predicted molar refractivity (Wildman–Crippen MR) is 122 cm³/mol. The number of hydrogen-bond donors (Lipinski definition) is 1. The minimum absolute atomic E-state index is 0.184. The Labute approximate surface area is 185 Å². The van der Waals surface area contributed by atoms with Crippen molar-refractivity contribution in [1.29, 1.82) is 0 Å². The number of benzene rings is 2. The lowest BCUT2D eigenvalue weighted by molar-refractivity contribution is 0.0953. The van der Waals surface area contributed by atoms with E-state index in [2.05, 4.69) is 12.2 Å². The van der Waals surface area contributed by atoms with E-state index in [1.165, 1.54) is 10.4 Å². The van der Waals surface area contributed by atoms with Crippen LogP contribution in [0.1, 0.15) is 54.9 Å². The number of nitrogens with one attached hydrogen (secondary N) is 1. The van der Waals surface area contributed by atoms with E-state index >= 15 is 0 Å². The van der Waals surface area contributed by atoms with Gasteiger partial charge in [-0.1, -0.05) is 37.6 Å². The molecule has 168 valence electrons. The average Bonchev–Trinajstić information content (AvgIpc) is 2.81. The topological polar surface area (TPSA) is 75.7 Å². The first kappa shape index (κ1) is 23.3. The van der Waals surface area contributed by atoms with Gasteiger partial charge in [0.1, 0.15) is 5.75 Å². The van der Waals surface area contributed by atoms with Gasteiger partial charge in [-0.2, -0.15) is 4.31 Å². The maximum absolute atomic E-state index is 12.9. The zero-order valence-electron chi connectivity index (χ0n) is 18.2. The molecule has 1 fully saturated rings. The van der Waals surface area contributed by atoms with Gasteiger partial charge in [0, 0.05) is 25.2 Å². The Morgan fingerprint density at radius 1 is 1.06 bits per heavy atom. The van der Waals surface area contributed by atoms with Gasteiger partial charge in [0.2, 0.25) is 10.0 Å². The summed E-state index contributed by atoms with van der Waals surface area (Å²) in [4.78, 5) is 12.8. The summed E-state index contributed by atoms with van der Waals surface area (Å²) in [6, 6.07) is 14.3. The van der Waals surface area contributed by atoms with Gasteiger partial charge < -0.3 is 10.1 Å². The molecule has 7 heteroatoms. The molecule has 0 spiro atoms. The van der Waals surface area contributed by atoms with Crippen molar-refractivity contribution < 1.29 is 17.9 Å². The minimum atomic E-state index is -3.55. The Bertz CT molecular complexity index is 969. The van der Waals surface area contributed by atoms with Crippen molar-refractivity contribution in [2.75, 3.05) is 26.2 Å². The molecule has 0 aromatic heterocycles. The van der Waals surface area contributed by atoms with Crippen molar-refractivity contribution in [3.8, 4) is 5.75 Å². The van der Waals surface area contributed by atoms with Gasteiger partial charge in [0.05, 0.1) is 11.5 Å². The predicted octanol–water partition coefficient (Wildman–Crippen LogP) is 4.01. The highest BCUT2D eigenvalue weighted by Gasteiger charge is 2.26. The number of aryl methyl sites for hydroxylation is 1. The highest BCUT2D eigenvalue weighted by Crippen LogP contribution is 2.22. The van der Waals surface area contributed by atoms with Crippen molar-refractivity contribution in [2.24, 2.45) is 0 Å². The fourth-order valence-corrected chi connectivity index (χ4v) is 5.26. The fourth-order valence-electron chi connectivity index (χ4n) is 3.70. The Morgan fingerprint density at radius 3 is 2.61 bits per heavy atom. The van der Waals surface area contributed by atoms with E-state index in [4.69, 9.17) is 4.74 Å². The van der Waals surface area contributed by atoms with Crippen LogP contribution in [0, 0.1) is 0 Å². The van der Waals surface area contributed by atoms with Crippen molar-refractivity contribution in [2.45, 2.75) is 50.3 Å². The summed E-state index contributed by atoms with van der Waals surface area (Å²) in [5.41, 5.74) is 1.49. The first-order chi connectivity index (χ1) is 15.0. The van der Waals surface area contributed by atoms with Crippen molar-refractivity contribution in [3.63, 3.8) is 0 Å². The zero-order chi connectivity index (χ0) is 22.1. The minimum Gasteiger partial charge on any atom is -0.493 e. The number of nitrogens with zero attached hydrogens (tertiary/aromatic N) is 1. The lowest BCUT2D eigenvalue weighted by Gasteiger charge is -2.26.